The van der Waals surface area contributed by atoms with Crippen molar-refractivity contribution in [2.75, 3.05) is 19.6 Å². The van der Waals surface area contributed by atoms with E-state index in [9.17, 15) is 4.79 Å². The van der Waals surface area contributed by atoms with Gasteiger partial charge in [0.2, 0.25) is 5.91 Å². The third kappa shape index (κ3) is 3.59. The van der Waals surface area contributed by atoms with Gasteiger partial charge in [-0.15, -0.1) is 0 Å². The van der Waals surface area contributed by atoms with Crippen molar-refractivity contribution in [3.63, 3.8) is 0 Å². The highest BCUT2D eigenvalue weighted by molar-refractivity contribution is 5.87. The number of carbonyl (C=O) groups excluding carboxylic acids is 1. The molecule has 4 heteroatoms. The molecule has 1 aromatic carbocycles. The molecule has 2 saturated heterocycles. The van der Waals surface area contributed by atoms with Gasteiger partial charge in [-0.1, -0.05) is 30.3 Å². The van der Waals surface area contributed by atoms with Crippen LogP contribution in [0.5, 0.6) is 0 Å². The van der Waals surface area contributed by atoms with Crippen LogP contribution in [0.15, 0.2) is 54.9 Å². The van der Waals surface area contributed by atoms with Gasteiger partial charge >= 0.3 is 0 Å². The fourth-order valence-electron chi connectivity index (χ4n) is 4.21. The topological polar surface area (TPSA) is 45.2 Å². The minimum atomic E-state index is -0.0149. The maximum absolute atomic E-state index is 12.5. The molecule has 1 spiro atoms. The van der Waals surface area contributed by atoms with Crippen LogP contribution in [0.25, 0.3) is 0 Å². The lowest BCUT2D eigenvalue weighted by molar-refractivity contribution is -0.121. The Bertz CT molecular complexity index is 708. The average Bonchev–Trinajstić information content (AvgIpc) is 2.99. The number of rotatable bonds is 4. The first kappa shape index (κ1) is 16.3. The highest BCUT2D eigenvalue weighted by Gasteiger charge is 2.45. The Morgan fingerprint density at radius 1 is 1.08 bits per heavy atom. The van der Waals surface area contributed by atoms with Crippen LogP contribution in [0.1, 0.15) is 36.3 Å². The zero-order valence-electron chi connectivity index (χ0n) is 14.5. The van der Waals surface area contributed by atoms with E-state index in [-0.39, 0.29) is 17.4 Å². The SMILES string of the molecule is O=C1NC2(CCN(CCc3ccccc3)CC2)C[C@@H]1c1ccncc1. The Labute approximate surface area is 149 Å². The zero-order chi connectivity index (χ0) is 17.1. The summed E-state index contributed by atoms with van der Waals surface area (Å²) in [6.07, 6.45) is 7.67. The number of likely N-dealkylation sites (tertiary alicyclic amines) is 1. The first-order chi connectivity index (χ1) is 12.2. The zero-order valence-corrected chi connectivity index (χ0v) is 14.5. The molecule has 0 unspecified atom stereocenters. The lowest BCUT2D eigenvalue weighted by atomic mass is 9.82. The van der Waals surface area contributed by atoms with Gasteiger partial charge in [0.15, 0.2) is 0 Å². The summed E-state index contributed by atoms with van der Waals surface area (Å²) in [6, 6.07) is 14.6. The van der Waals surface area contributed by atoms with Crippen LogP contribution in [-0.4, -0.2) is 41.0 Å². The fraction of sp³-hybridized carbons (Fsp3) is 0.429. The maximum Gasteiger partial charge on any atom is 0.228 e. The number of piperidine rings is 1. The summed E-state index contributed by atoms with van der Waals surface area (Å²) in [7, 11) is 0. The van der Waals surface area contributed by atoms with Gasteiger partial charge in [-0.05, 0) is 48.9 Å². The van der Waals surface area contributed by atoms with Gasteiger partial charge in [0.05, 0.1) is 5.92 Å². The summed E-state index contributed by atoms with van der Waals surface area (Å²) in [4.78, 5) is 19.1. The van der Waals surface area contributed by atoms with Crippen molar-refractivity contribution < 1.29 is 4.79 Å². The number of pyridine rings is 1. The van der Waals surface area contributed by atoms with E-state index in [2.05, 4.69) is 45.5 Å². The number of nitrogens with one attached hydrogen (secondary N) is 1. The number of aromatic nitrogens is 1. The lowest BCUT2D eigenvalue weighted by Crippen LogP contribution is -2.51. The molecule has 4 nitrogen and oxygen atoms in total. The molecule has 0 aliphatic carbocycles. The molecule has 1 aromatic heterocycles. The van der Waals surface area contributed by atoms with Crippen LogP contribution < -0.4 is 5.32 Å². The molecule has 1 atom stereocenters. The quantitative estimate of drug-likeness (QED) is 0.934. The van der Waals surface area contributed by atoms with Gasteiger partial charge in [0.1, 0.15) is 0 Å². The number of hydrogen-bond acceptors (Lipinski definition) is 3. The molecule has 2 aliphatic rings. The second-order valence-corrected chi connectivity index (χ2v) is 7.38. The van der Waals surface area contributed by atoms with E-state index >= 15 is 0 Å². The molecule has 2 fully saturated rings. The van der Waals surface area contributed by atoms with Crippen molar-refractivity contribution in [2.45, 2.75) is 37.1 Å². The first-order valence-corrected chi connectivity index (χ1v) is 9.22. The fourth-order valence-corrected chi connectivity index (χ4v) is 4.21. The Morgan fingerprint density at radius 3 is 2.52 bits per heavy atom. The molecular weight excluding hydrogens is 310 g/mol. The molecule has 1 amide bonds. The molecule has 3 heterocycles. The Morgan fingerprint density at radius 2 is 1.80 bits per heavy atom. The molecule has 0 radical (unpaired) electrons. The highest BCUT2D eigenvalue weighted by Crippen LogP contribution is 2.39. The van der Waals surface area contributed by atoms with Crippen LogP contribution in [-0.2, 0) is 11.2 Å². The van der Waals surface area contributed by atoms with Crippen LogP contribution in [0, 0.1) is 0 Å². The van der Waals surface area contributed by atoms with Crippen LogP contribution in [0.3, 0.4) is 0 Å². The van der Waals surface area contributed by atoms with Crippen molar-refractivity contribution in [2.24, 2.45) is 0 Å². The van der Waals surface area contributed by atoms with Crippen LogP contribution >= 0.6 is 0 Å². The molecule has 25 heavy (non-hydrogen) atoms. The highest BCUT2D eigenvalue weighted by atomic mass is 16.2. The maximum atomic E-state index is 12.5. The van der Waals surface area contributed by atoms with E-state index in [1.54, 1.807) is 12.4 Å². The Hall–Kier alpha value is -2.20. The van der Waals surface area contributed by atoms with E-state index in [1.165, 1.54) is 5.56 Å². The normalized spacial score (nSPS) is 22.9. The van der Waals surface area contributed by atoms with E-state index < -0.39 is 0 Å². The van der Waals surface area contributed by atoms with Crippen LogP contribution in [0.2, 0.25) is 0 Å². The van der Waals surface area contributed by atoms with Gasteiger partial charge in [0, 0.05) is 37.6 Å². The van der Waals surface area contributed by atoms with Gasteiger partial charge in [-0.25, -0.2) is 0 Å². The summed E-state index contributed by atoms with van der Waals surface area (Å²) >= 11 is 0. The summed E-state index contributed by atoms with van der Waals surface area (Å²) in [5.74, 6) is 0.169. The number of hydrogen-bond donors (Lipinski definition) is 1. The van der Waals surface area contributed by atoms with E-state index in [0.29, 0.717) is 0 Å². The van der Waals surface area contributed by atoms with Crippen molar-refractivity contribution in [3.8, 4) is 0 Å². The third-order valence-corrected chi connectivity index (χ3v) is 5.78. The average molecular weight is 335 g/mol. The number of nitrogens with zero attached hydrogens (tertiary/aromatic N) is 2. The minimum absolute atomic E-state index is 0.00569. The molecule has 2 aromatic rings. The Kier molecular flexibility index (Phi) is 4.53. The van der Waals surface area contributed by atoms with Crippen molar-refractivity contribution in [1.82, 2.24) is 15.2 Å². The van der Waals surface area contributed by atoms with E-state index in [4.69, 9.17) is 0 Å². The second-order valence-electron chi connectivity index (χ2n) is 7.38. The first-order valence-electron chi connectivity index (χ1n) is 9.22. The van der Waals surface area contributed by atoms with E-state index in [0.717, 1.165) is 50.9 Å². The molecule has 130 valence electrons. The van der Waals surface area contributed by atoms with Gasteiger partial charge in [-0.2, -0.15) is 0 Å². The van der Waals surface area contributed by atoms with Crippen molar-refractivity contribution in [3.05, 3.63) is 66.0 Å². The third-order valence-electron chi connectivity index (χ3n) is 5.78. The van der Waals surface area contributed by atoms with E-state index in [1.807, 2.05) is 12.1 Å². The number of benzene rings is 1. The summed E-state index contributed by atoms with van der Waals surface area (Å²) in [6.45, 7) is 3.23. The van der Waals surface area contributed by atoms with Gasteiger partial charge in [-0.3, -0.25) is 9.78 Å². The number of carbonyl (C=O) groups is 1. The monoisotopic (exact) mass is 335 g/mol. The van der Waals surface area contributed by atoms with Gasteiger partial charge in [0.25, 0.3) is 0 Å². The molecule has 2 aliphatic heterocycles. The second kappa shape index (κ2) is 6.96. The summed E-state index contributed by atoms with van der Waals surface area (Å²) < 4.78 is 0. The summed E-state index contributed by atoms with van der Waals surface area (Å²) in [5, 5.41) is 3.33. The standard InChI is InChI=1S/C21H25N3O/c25-20-19(18-6-11-22-12-7-18)16-21(23-20)9-14-24(15-10-21)13-8-17-4-2-1-3-5-17/h1-7,11-12,19H,8-10,13-16H2,(H,23,25)/t19-/m1/s1. The molecule has 0 saturated carbocycles. The molecule has 4 rings (SSSR count). The van der Waals surface area contributed by atoms with Crippen molar-refractivity contribution >= 4 is 5.91 Å². The summed E-state index contributed by atoms with van der Waals surface area (Å²) in [5.41, 5.74) is 2.49. The van der Waals surface area contributed by atoms with Gasteiger partial charge < -0.3 is 10.2 Å². The smallest absolute Gasteiger partial charge is 0.228 e. The Balaban J connectivity index is 1.33. The lowest BCUT2D eigenvalue weighted by Gasteiger charge is -2.39. The predicted molar refractivity (Wildman–Crippen MR) is 98.3 cm³/mol. The largest absolute Gasteiger partial charge is 0.350 e. The molecular formula is C21H25N3O. The minimum Gasteiger partial charge on any atom is -0.350 e. The van der Waals surface area contributed by atoms with Crippen LogP contribution in [0.4, 0.5) is 0 Å². The molecule has 1 N–H and O–H groups in total. The predicted octanol–water partition coefficient (Wildman–Crippen LogP) is 2.76. The van der Waals surface area contributed by atoms with Crippen molar-refractivity contribution in [1.29, 1.82) is 0 Å². The number of amides is 1. The molecule has 0 bridgehead atoms.